The van der Waals surface area contributed by atoms with Crippen LogP contribution in [0.1, 0.15) is 12.8 Å². The number of carbonyl (C=O) groups excluding carboxylic acids is 1. The molecular weight excluding hydrogens is 312 g/mol. The largest absolute Gasteiger partial charge is 0.455 e. The van der Waals surface area contributed by atoms with Crippen molar-refractivity contribution in [3.63, 3.8) is 0 Å². The van der Waals surface area contributed by atoms with Crippen molar-refractivity contribution >= 4 is 23.2 Å². The van der Waals surface area contributed by atoms with Gasteiger partial charge in [0.25, 0.3) is 0 Å². The maximum absolute atomic E-state index is 12.4. The molecule has 5 heteroatoms. The number of carbonyl (C=O) groups is 1. The third-order valence-corrected chi connectivity index (χ3v) is 4.15. The molecule has 0 radical (unpaired) electrons. The third-order valence-electron chi connectivity index (χ3n) is 3.90. The van der Waals surface area contributed by atoms with E-state index in [2.05, 4.69) is 10.6 Å². The average molecular weight is 331 g/mol. The second-order valence-electron chi connectivity index (χ2n) is 5.57. The molecule has 1 heterocycles. The molecule has 1 aliphatic heterocycles. The monoisotopic (exact) mass is 330 g/mol. The maximum atomic E-state index is 12.4. The van der Waals surface area contributed by atoms with E-state index in [-0.39, 0.29) is 11.8 Å². The average Bonchev–Trinajstić information content (AvgIpc) is 2.59. The summed E-state index contributed by atoms with van der Waals surface area (Å²) in [6.45, 7) is 1.78. The number of piperidine rings is 1. The summed E-state index contributed by atoms with van der Waals surface area (Å²) in [5.74, 6) is 1.41. The van der Waals surface area contributed by atoms with Crippen LogP contribution in [0.2, 0.25) is 5.02 Å². The molecule has 1 aliphatic rings. The van der Waals surface area contributed by atoms with Gasteiger partial charge in [-0.15, -0.1) is 0 Å². The van der Waals surface area contributed by atoms with E-state index in [1.165, 1.54) is 0 Å². The van der Waals surface area contributed by atoms with Gasteiger partial charge in [0.05, 0.1) is 5.69 Å². The Morgan fingerprint density at radius 3 is 2.52 bits per heavy atom. The van der Waals surface area contributed by atoms with Gasteiger partial charge in [-0.2, -0.15) is 0 Å². The highest BCUT2D eigenvalue weighted by Gasteiger charge is 2.21. The van der Waals surface area contributed by atoms with Crippen molar-refractivity contribution in [2.24, 2.45) is 5.92 Å². The van der Waals surface area contributed by atoms with Crippen LogP contribution in [0.5, 0.6) is 11.5 Å². The van der Waals surface area contributed by atoms with E-state index in [1.807, 2.05) is 24.3 Å². The van der Waals surface area contributed by atoms with E-state index in [0.29, 0.717) is 22.2 Å². The van der Waals surface area contributed by atoms with Gasteiger partial charge in [0.1, 0.15) is 5.75 Å². The number of halogens is 1. The van der Waals surface area contributed by atoms with Crippen LogP contribution in [-0.2, 0) is 4.79 Å². The number of hydrogen-bond acceptors (Lipinski definition) is 3. The number of amides is 1. The molecule has 0 bridgehead atoms. The van der Waals surface area contributed by atoms with E-state index >= 15 is 0 Å². The van der Waals surface area contributed by atoms with Gasteiger partial charge in [-0.1, -0.05) is 23.7 Å². The summed E-state index contributed by atoms with van der Waals surface area (Å²) in [4.78, 5) is 12.4. The van der Waals surface area contributed by atoms with Crippen LogP contribution in [-0.4, -0.2) is 19.0 Å². The summed E-state index contributed by atoms with van der Waals surface area (Å²) < 4.78 is 5.87. The van der Waals surface area contributed by atoms with Crippen molar-refractivity contribution in [2.75, 3.05) is 18.4 Å². The maximum Gasteiger partial charge on any atom is 0.227 e. The molecule has 0 aliphatic carbocycles. The van der Waals surface area contributed by atoms with Gasteiger partial charge in [-0.3, -0.25) is 4.79 Å². The summed E-state index contributed by atoms with van der Waals surface area (Å²) in [5, 5.41) is 6.92. The molecule has 2 aromatic carbocycles. The summed E-state index contributed by atoms with van der Waals surface area (Å²) in [6.07, 6.45) is 1.73. The molecule has 1 fully saturated rings. The van der Waals surface area contributed by atoms with Gasteiger partial charge in [0, 0.05) is 10.9 Å². The first kappa shape index (κ1) is 15.8. The first-order valence-corrected chi connectivity index (χ1v) is 8.14. The smallest absolute Gasteiger partial charge is 0.227 e. The second-order valence-corrected chi connectivity index (χ2v) is 6.00. The Hall–Kier alpha value is -2.04. The standard InChI is InChI=1S/C18H19ClN2O2/c19-14-5-7-15(8-6-14)23-17-4-2-1-3-16(17)21-18(22)13-9-11-20-12-10-13/h1-8,13,20H,9-12H2,(H,21,22). The molecule has 0 spiro atoms. The van der Waals surface area contributed by atoms with Gasteiger partial charge < -0.3 is 15.4 Å². The van der Waals surface area contributed by atoms with Crippen molar-refractivity contribution in [1.82, 2.24) is 5.32 Å². The van der Waals surface area contributed by atoms with E-state index in [4.69, 9.17) is 16.3 Å². The van der Waals surface area contributed by atoms with Gasteiger partial charge in [-0.25, -0.2) is 0 Å². The Labute approximate surface area is 140 Å². The van der Waals surface area contributed by atoms with Crippen LogP contribution in [0.3, 0.4) is 0 Å². The van der Waals surface area contributed by atoms with Gasteiger partial charge in [0.15, 0.2) is 5.75 Å². The molecule has 3 rings (SSSR count). The zero-order chi connectivity index (χ0) is 16.1. The van der Waals surface area contributed by atoms with Crippen LogP contribution >= 0.6 is 11.6 Å². The summed E-state index contributed by atoms with van der Waals surface area (Å²) >= 11 is 5.88. The predicted molar refractivity (Wildman–Crippen MR) is 92.2 cm³/mol. The van der Waals surface area contributed by atoms with Crippen molar-refractivity contribution in [3.8, 4) is 11.5 Å². The number of hydrogen-bond donors (Lipinski definition) is 2. The molecule has 1 amide bonds. The minimum Gasteiger partial charge on any atom is -0.455 e. The van der Waals surface area contributed by atoms with Crippen LogP contribution < -0.4 is 15.4 Å². The first-order chi connectivity index (χ1) is 11.2. The van der Waals surface area contributed by atoms with Crippen LogP contribution in [0.25, 0.3) is 0 Å². The zero-order valence-electron chi connectivity index (χ0n) is 12.7. The molecule has 0 saturated carbocycles. The third kappa shape index (κ3) is 4.24. The fourth-order valence-electron chi connectivity index (χ4n) is 2.61. The minimum absolute atomic E-state index is 0.0543. The fourth-order valence-corrected chi connectivity index (χ4v) is 2.73. The van der Waals surface area contributed by atoms with Gasteiger partial charge in [0.2, 0.25) is 5.91 Å². The highest BCUT2D eigenvalue weighted by molar-refractivity contribution is 6.30. The lowest BCUT2D eigenvalue weighted by molar-refractivity contribution is -0.120. The number of benzene rings is 2. The normalized spacial score (nSPS) is 15.2. The van der Waals surface area contributed by atoms with Crippen molar-refractivity contribution in [3.05, 3.63) is 53.6 Å². The summed E-state index contributed by atoms with van der Waals surface area (Å²) in [7, 11) is 0. The number of rotatable bonds is 4. The van der Waals surface area contributed by atoms with Crippen LogP contribution in [0.4, 0.5) is 5.69 Å². The predicted octanol–water partition coefficient (Wildman–Crippen LogP) is 4.07. The molecule has 0 aromatic heterocycles. The number of anilines is 1. The lowest BCUT2D eigenvalue weighted by Gasteiger charge is -2.22. The van der Waals surface area contributed by atoms with E-state index in [0.717, 1.165) is 25.9 Å². The number of nitrogens with one attached hydrogen (secondary N) is 2. The molecule has 2 aromatic rings. The Balaban J connectivity index is 1.72. The SMILES string of the molecule is O=C(Nc1ccccc1Oc1ccc(Cl)cc1)C1CCNCC1. The fraction of sp³-hybridized carbons (Fsp3) is 0.278. The Morgan fingerprint density at radius 2 is 1.78 bits per heavy atom. The van der Waals surface area contributed by atoms with Crippen LogP contribution in [0.15, 0.2) is 48.5 Å². The quantitative estimate of drug-likeness (QED) is 0.888. The molecule has 2 N–H and O–H groups in total. The highest BCUT2D eigenvalue weighted by Crippen LogP contribution is 2.30. The zero-order valence-corrected chi connectivity index (χ0v) is 13.5. The lowest BCUT2D eigenvalue weighted by Crippen LogP contribution is -2.34. The van der Waals surface area contributed by atoms with Gasteiger partial charge in [-0.05, 0) is 62.3 Å². The number of para-hydroxylation sites is 2. The van der Waals surface area contributed by atoms with Crippen molar-refractivity contribution in [2.45, 2.75) is 12.8 Å². The second kappa shape index (κ2) is 7.49. The summed E-state index contributed by atoms with van der Waals surface area (Å²) in [5.41, 5.74) is 0.686. The molecule has 4 nitrogen and oxygen atoms in total. The first-order valence-electron chi connectivity index (χ1n) is 7.76. The number of ether oxygens (including phenoxy) is 1. The molecule has 1 saturated heterocycles. The summed E-state index contributed by atoms with van der Waals surface area (Å²) in [6, 6.07) is 14.6. The van der Waals surface area contributed by atoms with Crippen molar-refractivity contribution in [1.29, 1.82) is 0 Å². The molecule has 23 heavy (non-hydrogen) atoms. The van der Waals surface area contributed by atoms with E-state index in [9.17, 15) is 4.79 Å². The van der Waals surface area contributed by atoms with Crippen molar-refractivity contribution < 1.29 is 9.53 Å². The molecule has 0 unspecified atom stereocenters. The lowest BCUT2D eigenvalue weighted by atomic mass is 9.97. The highest BCUT2D eigenvalue weighted by atomic mass is 35.5. The van der Waals surface area contributed by atoms with E-state index < -0.39 is 0 Å². The Morgan fingerprint density at radius 1 is 1.09 bits per heavy atom. The molecule has 120 valence electrons. The Bertz CT molecular complexity index is 667. The van der Waals surface area contributed by atoms with Gasteiger partial charge >= 0.3 is 0 Å². The molecular formula is C18H19ClN2O2. The minimum atomic E-state index is 0.0543. The van der Waals surface area contributed by atoms with Crippen LogP contribution in [0, 0.1) is 5.92 Å². The Kier molecular flexibility index (Phi) is 5.16. The van der Waals surface area contributed by atoms with E-state index in [1.54, 1.807) is 24.3 Å². The topological polar surface area (TPSA) is 50.4 Å². The molecule has 0 atom stereocenters.